The first-order chi connectivity index (χ1) is 12.4. The summed E-state index contributed by atoms with van der Waals surface area (Å²) >= 11 is 5.05. The number of anilines is 1. The SMILES string of the molecule is Cc1cc(N2CCN(C(=O)C(C)Sc3ccc(Br)cc3)CC2)nc(C)n1. The molecule has 138 valence electrons. The van der Waals surface area contributed by atoms with Crippen molar-refractivity contribution in [2.45, 2.75) is 30.9 Å². The summed E-state index contributed by atoms with van der Waals surface area (Å²) in [6.45, 7) is 8.95. The number of benzene rings is 1. The molecule has 5 nitrogen and oxygen atoms in total. The monoisotopic (exact) mass is 434 g/mol. The molecule has 1 aromatic carbocycles. The van der Waals surface area contributed by atoms with E-state index in [9.17, 15) is 4.79 Å². The maximum absolute atomic E-state index is 12.8. The zero-order valence-corrected chi connectivity index (χ0v) is 17.7. The van der Waals surface area contributed by atoms with Crippen LogP contribution >= 0.6 is 27.7 Å². The first-order valence-electron chi connectivity index (χ1n) is 8.70. The molecule has 1 aliphatic heterocycles. The maximum atomic E-state index is 12.8. The minimum absolute atomic E-state index is 0.0914. The van der Waals surface area contributed by atoms with Gasteiger partial charge in [-0.05, 0) is 45.0 Å². The molecule has 1 aliphatic rings. The van der Waals surface area contributed by atoms with Crippen molar-refractivity contribution in [3.05, 3.63) is 46.3 Å². The van der Waals surface area contributed by atoms with Gasteiger partial charge in [-0.1, -0.05) is 15.9 Å². The highest BCUT2D eigenvalue weighted by atomic mass is 79.9. The Kier molecular flexibility index (Phi) is 6.19. The van der Waals surface area contributed by atoms with Gasteiger partial charge in [0.05, 0.1) is 5.25 Å². The number of amides is 1. The van der Waals surface area contributed by atoms with E-state index in [2.05, 4.69) is 30.8 Å². The van der Waals surface area contributed by atoms with Gasteiger partial charge in [-0.15, -0.1) is 11.8 Å². The van der Waals surface area contributed by atoms with E-state index in [4.69, 9.17) is 0 Å². The Hall–Kier alpha value is -1.60. The molecule has 1 fully saturated rings. The van der Waals surface area contributed by atoms with Gasteiger partial charge in [0.1, 0.15) is 11.6 Å². The largest absolute Gasteiger partial charge is 0.353 e. The summed E-state index contributed by atoms with van der Waals surface area (Å²) in [6, 6.07) is 10.1. The fourth-order valence-corrected chi connectivity index (χ4v) is 4.26. The fourth-order valence-electron chi connectivity index (χ4n) is 3.04. The third-order valence-electron chi connectivity index (χ3n) is 4.34. The van der Waals surface area contributed by atoms with Crippen molar-refractivity contribution < 1.29 is 4.79 Å². The van der Waals surface area contributed by atoms with Crippen LogP contribution in [0.25, 0.3) is 0 Å². The predicted octanol–water partition coefficient (Wildman–Crippen LogP) is 3.69. The first-order valence-corrected chi connectivity index (χ1v) is 10.4. The molecule has 3 rings (SSSR count). The van der Waals surface area contributed by atoms with Crippen molar-refractivity contribution in [2.24, 2.45) is 0 Å². The molecular formula is C19H23BrN4OS. The number of hydrogen-bond acceptors (Lipinski definition) is 5. The Morgan fingerprint density at radius 1 is 1.12 bits per heavy atom. The highest BCUT2D eigenvalue weighted by Crippen LogP contribution is 2.26. The number of thioether (sulfide) groups is 1. The summed E-state index contributed by atoms with van der Waals surface area (Å²) in [6.07, 6.45) is 0. The Bertz CT molecular complexity index is 755. The van der Waals surface area contributed by atoms with Crippen molar-refractivity contribution in [1.82, 2.24) is 14.9 Å². The number of aryl methyl sites for hydroxylation is 2. The highest BCUT2D eigenvalue weighted by molar-refractivity contribution is 9.10. The number of rotatable bonds is 4. The summed E-state index contributed by atoms with van der Waals surface area (Å²) in [4.78, 5) is 26.9. The van der Waals surface area contributed by atoms with Crippen molar-refractivity contribution in [3.8, 4) is 0 Å². The molecule has 0 saturated carbocycles. The van der Waals surface area contributed by atoms with Crippen LogP contribution in [0.4, 0.5) is 5.82 Å². The summed E-state index contributed by atoms with van der Waals surface area (Å²) < 4.78 is 1.05. The third-order valence-corrected chi connectivity index (χ3v) is 5.97. The molecule has 26 heavy (non-hydrogen) atoms. The van der Waals surface area contributed by atoms with Gasteiger partial charge < -0.3 is 9.80 Å². The van der Waals surface area contributed by atoms with Gasteiger partial charge >= 0.3 is 0 Å². The van der Waals surface area contributed by atoms with Crippen LogP contribution in [-0.4, -0.2) is 52.2 Å². The molecule has 1 saturated heterocycles. The van der Waals surface area contributed by atoms with E-state index < -0.39 is 0 Å². The average molecular weight is 435 g/mol. The average Bonchev–Trinajstić information content (AvgIpc) is 2.62. The Labute approximate surface area is 167 Å². The lowest BCUT2D eigenvalue weighted by Gasteiger charge is -2.36. The van der Waals surface area contributed by atoms with Crippen LogP contribution in [0, 0.1) is 13.8 Å². The van der Waals surface area contributed by atoms with Gasteiger partial charge in [0.2, 0.25) is 5.91 Å². The van der Waals surface area contributed by atoms with E-state index in [0.717, 1.165) is 52.9 Å². The van der Waals surface area contributed by atoms with Crippen molar-refractivity contribution in [2.75, 3.05) is 31.1 Å². The minimum atomic E-state index is -0.0914. The number of carbonyl (C=O) groups is 1. The fraction of sp³-hybridized carbons (Fsp3) is 0.421. The van der Waals surface area contributed by atoms with Gasteiger partial charge in [-0.25, -0.2) is 9.97 Å². The van der Waals surface area contributed by atoms with E-state index in [1.165, 1.54) is 0 Å². The van der Waals surface area contributed by atoms with Gasteiger partial charge in [-0.3, -0.25) is 4.79 Å². The highest BCUT2D eigenvalue weighted by Gasteiger charge is 2.26. The molecule has 2 heterocycles. The third kappa shape index (κ3) is 4.76. The Morgan fingerprint density at radius 3 is 2.38 bits per heavy atom. The van der Waals surface area contributed by atoms with Gasteiger partial charge in [0.15, 0.2) is 0 Å². The van der Waals surface area contributed by atoms with Gasteiger partial charge in [0.25, 0.3) is 0 Å². The van der Waals surface area contributed by atoms with Crippen LogP contribution in [0.2, 0.25) is 0 Å². The molecule has 1 amide bonds. The van der Waals surface area contributed by atoms with Gasteiger partial charge in [-0.2, -0.15) is 0 Å². The second-order valence-electron chi connectivity index (χ2n) is 6.44. The van der Waals surface area contributed by atoms with Crippen LogP contribution in [0.3, 0.4) is 0 Å². The molecule has 0 spiro atoms. The van der Waals surface area contributed by atoms with Crippen molar-refractivity contribution in [3.63, 3.8) is 0 Å². The second-order valence-corrected chi connectivity index (χ2v) is 8.77. The van der Waals surface area contributed by atoms with Crippen molar-refractivity contribution in [1.29, 1.82) is 0 Å². The smallest absolute Gasteiger partial charge is 0.235 e. The quantitative estimate of drug-likeness (QED) is 0.686. The number of halogens is 1. The molecule has 1 aromatic heterocycles. The number of aromatic nitrogens is 2. The van der Waals surface area contributed by atoms with E-state index >= 15 is 0 Å². The molecule has 0 aliphatic carbocycles. The molecule has 1 atom stereocenters. The molecule has 1 unspecified atom stereocenters. The minimum Gasteiger partial charge on any atom is -0.353 e. The van der Waals surface area contributed by atoms with E-state index in [1.807, 2.05) is 56.0 Å². The summed E-state index contributed by atoms with van der Waals surface area (Å²) in [5, 5.41) is -0.0914. The van der Waals surface area contributed by atoms with Crippen LogP contribution in [0.5, 0.6) is 0 Å². The summed E-state index contributed by atoms with van der Waals surface area (Å²) in [5.41, 5.74) is 0.977. The number of carbonyl (C=O) groups excluding carboxylic acids is 1. The lowest BCUT2D eigenvalue weighted by atomic mass is 10.2. The zero-order valence-electron chi connectivity index (χ0n) is 15.3. The first kappa shape index (κ1) is 19.2. The lowest BCUT2D eigenvalue weighted by molar-refractivity contribution is -0.130. The van der Waals surface area contributed by atoms with E-state index in [1.54, 1.807) is 11.8 Å². The summed E-state index contributed by atoms with van der Waals surface area (Å²) in [7, 11) is 0. The molecule has 0 bridgehead atoms. The second kappa shape index (κ2) is 8.39. The maximum Gasteiger partial charge on any atom is 0.235 e. The molecule has 7 heteroatoms. The normalized spacial score (nSPS) is 15.8. The molecule has 0 N–H and O–H groups in total. The zero-order chi connectivity index (χ0) is 18.7. The van der Waals surface area contributed by atoms with Crippen LogP contribution in [-0.2, 0) is 4.79 Å². The topological polar surface area (TPSA) is 49.3 Å². The standard InChI is InChI=1S/C19H23BrN4OS/c1-13-12-18(22-15(3)21-13)23-8-10-24(11-9-23)19(25)14(2)26-17-6-4-16(20)5-7-17/h4-7,12,14H,8-11H2,1-3H3. The van der Waals surface area contributed by atoms with Gasteiger partial charge in [0, 0.05) is 47.3 Å². The Balaban J connectivity index is 1.56. The van der Waals surface area contributed by atoms with Crippen LogP contribution in [0.1, 0.15) is 18.4 Å². The van der Waals surface area contributed by atoms with E-state index in [0.29, 0.717) is 0 Å². The van der Waals surface area contributed by atoms with E-state index in [-0.39, 0.29) is 11.2 Å². The molecular weight excluding hydrogens is 412 g/mol. The van der Waals surface area contributed by atoms with Crippen LogP contribution < -0.4 is 4.90 Å². The van der Waals surface area contributed by atoms with Crippen molar-refractivity contribution >= 4 is 39.4 Å². The predicted molar refractivity (Wildman–Crippen MR) is 110 cm³/mol. The number of piperazine rings is 1. The molecule has 2 aromatic rings. The lowest BCUT2D eigenvalue weighted by Crippen LogP contribution is -2.51. The molecule has 0 radical (unpaired) electrons. The summed E-state index contributed by atoms with van der Waals surface area (Å²) in [5.74, 6) is 1.95. The Morgan fingerprint density at radius 2 is 1.77 bits per heavy atom. The number of nitrogens with zero attached hydrogens (tertiary/aromatic N) is 4. The van der Waals surface area contributed by atoms with Crippen LogP contribution in [0.15, 0.2) is 39.7 Å². The number of hydrogen-bond donors (Lipinski definition) is 0.